The summed E-state index contributed by atoms with van der Waals surface area (Å²) in [7, 11) is 0. The Kier molecular flexibility index (Phi) is 4.50. The maximum absolute atomic E-state index is 11.2. The van der Waals surface area contributed by atoms with Crippen molar-refractivity contribution in [3.63, 3.8) is 0 Å². The molecule has 0 fully saturated rings. The normalized spacial score (nSPS) is 10.3. The number of rotatable bonds is 3. The second kappa shape index (κ2) is 5.95. The number of hydrogen-bond acceptors (Lipinski definition) is 2. The van der Waals surface area contributed by atoms with E-state index in [4.69, 9.17) is 27.9 Å². The largest absolute Gasteiger partial charge is 0.454 e. The van der Waals surface area contributed by atoms with Gasteiger partial charge in [0, 0.05) is 10.0 Å². The zero-order chi connectivity index (χ0) is 14.0. The Labute approximate surface area is 129 Å². The van der Waals surface area contributed by atoms with Crippen LogP contribution in [0.4, 0.5) is 0 Å². The summed E-state index contributed by atoms with van der Waals surface area (Å²) in [6, 6.07) is 10.2. The van der Waals surface area contributed by atoms with Crippen molar-refractivity contribution in [3.8, 4) is 11.5 Å². The van der Waals surface area contributed by atoms with E-state index in [1.54, 1.807) is 30.3 Å². The van der Waals surface area contributed by atoms with Crippen LogP contribution in [0.15, 0.2) is 40.9 Å². The average molecular weight is 360 g/mol. The molecule has 2 nitrogen and oxygen atoms in total. The van der Waals surface area contributed by atoms with Crippen LogP contribution in [-0.4, -0.2) is 5.78 Å². The number of benzene rings is 2. The molecule has 98 valence electrons. The summed E-state index contributed by atoms with van der Waals surface area (Å²) >= 11 is 15.5. The van der Waals surface area contributed by atoms with Crippen LogP contribution in [0.1, 0.15) is 17.3 Å². The summed E-state index contributed by atoms with van der Waals surface area (Å²) < 4.78 is 6.50. The summed E-state index contributed by atoms with van der Waals surface area (Å²) in [5.74, 6) is 0.911. The molecule has 2 aromatic rings. The van der Waals surface area contributed by atoms with Crippen molar-refractivity contribution in [1.82, 2.24) is 0 Å². The van der Waals surface area contributed by atoms with Gasteiger partial charge < -0.3 is 4.74 Å². The molecule has 0 bridgehead atoms. The highest BCUT2D eigenvalue weighted by molar-refractivity contribution is 9.10. The maximum atomic E-state index is 11.2. The molecular formula is C14H9BrCl2O2. The molecule has 5 heteroatoms. The highest BCUT2D eigenvalue weighted by Gasteiger charge is 2.09. The zero-order valence-corrected chi connectivity index (χ0v) is 13.0. The Hall–Kier alpha value is -1.03. The third-order valence-electron chi connectivity index (χ3n) is 2.45. The smallest absolute Gasteiger partial charge is 0.159 e. The second-order valence-electron chi connectivity index (χ2n) is 3.88. The number of halogens is 3. The summed E-state index contributed by atoms with van der Waals surface area (Å²) in [6.07, 6.45) is 0. The highest BCUT2D eigenvalue weighted by atomic mass is 79.9. The molecule has 2 rings (SSSR count). The lowest BCUT2D eigenvalue weighted by Gasteiger charge is -2.10. The minimum absolute atomic E-state index is 0.0462. The quantitative estimate of drug-likeness (QED) is 0.652. The van der Waals surface area contributed by atoms with Gasteiger partial charge >= 0.3 is 0 Å². The first-order chi connectivity index (χ1) is 8.97. The second-order valence-corrected chi connectivity index (χ2v) is 5.61. The minimum atomic E-state index is -0.0462. The van der Waals surface area contributed by atoms with Gasteiger partial charge in [-0.1, -0.05) is 39.1 Å². The van der Waals surface area contributed by atoms with E-state index in [1.807, 2.05) is 6.07 Å². The number of ether oxygens (including phenoxy) is 1. The van der Waals surface area contributed by atoms with Crippen LogP contribution in [0.3, 0.4) is 0 Å². The fraction of sp³-hybridized carbons (Fsp3) is 0.0714. The third kappa shape index (κ3) is 3.50. The van der Waals surface area contributed by atoms with E-state index in [0.717, 1.165) is 4.47 Å². The fourth-order valence-corrected chi connectivity index (χ4v) is 2.41. The van der Waals surface area contributed by atoms with Crippen molar-refractivity contribution >= 4 is 44.9 Å². The molecule has 0 aliphatic rings. The Bertz CT molecular complexity index is 641. The molecule has 0 saturated heterocycles. The van der Waals surface area contributed by atoms with Crippen molar-refractivity contribution in [2.24, 2.45) is 0 Å². The maximum Gasteiger partial charge on any atom is 0.159 e. The molecule has 0 aromatic heterocycles. The van der Waals surface area contributed by atoms with Crippen LogP contribution in [0.2, 0.25) is 10.0 Å². The number of hydrogen-bond donors (Lipinski definition) is 0. The van der Waals surface area contributed by atoms with Gasteiger partial charge in [-0.3, -0.25) is 4.79 Å². The predicted molar refractivity (Wildman–Crippen MR) is 80.7 cm³/mol. The number of carbonyl (C=O) groups excluding carboxylic acids is 1. The number of Topliss-reactive ketones (excluding diaryl/α,β-unsaturated/α-hetero) is 1. The first-order valence-corrected chi connectivity index (χ1v) is 6.95. The SMILES string of the molecule is CC(=O)c1ccc(Oc2ccc(Br)cc2Cl)c(Cl)c1. The van der Waals surface area contributed by atoms with Crippen molar-refractivity contribution < 1.29 is 9.53 Å². The molecule has 2 aromatic carbocycles. The molecule has 0 heterocycles. The van der Waals surface area contributed by atoms with Crippen LogP contribution >= 0.6 is 39.1 Å². The fourth-order valence-electron chi connectivity index (χ4n) is 1.48. The van der Waals surface area contributed by atoms with E-state index >= 15 is 0 Å². The molecular weight excluding hydrogens is 351 g/mol. The molecule has 0 aliphatic carbocycles. The van der Waals surface area contributed by atoms with Crippen LogP contribution in [0.5, 0.6) is 11.5 Å². The molecule has 0 atom stereocenters. The lowest BCUT2D eigenvalue weighted by Crippen LogP contribution is -1.93. The molecule has 0 amide bonds. The van der Waals surface area contributed by atoms with E-state index in [0.29, 0.717) is 27.1 Å². The first kappa shape index (κ1) is 14.4. The first-order valence-electron chi connectivity index (χ1n) is 5.41. The summed E-state index contributed by atoms with van der Waals surface area (Å²) in [5, 5.41) is 0.841. The number of ketones is 1. The van der Waals surface area contributed by atoms with Gasteiger partial charge in [0.2, 0.25) is 0 Å². The molecule has 0 saturated carbocycles. The average Bonchev–Trinajstić information content (AvgIpc) is 2.34. The van der Waals surface area contributed by atoms with Crippen molar-refractivity contribution in [2.45, 2.75) is 6.92 Å². The lowest BCUT2D eigenvalue weighted by atomic mass is 10.1. The molecule has 0 aliphatic heterocycles. The molecule has 0 spiro atoms. The van der Waals surface area contributed by atoms with Crippen molar-refractivity contribution in [2.75, 3.05) is 0 Å². The van der Waals surface area contributed by atoms with E-state index in [1.165, 1.54) is 6.92 Å². The van der Waals surface area contributed by atoms with Gasteiger partial charge in [0.05, 0.1) is 10.0 Å². The van der Waals surface area contributed by atoms with Gasteiger partial charge in [0.15, 0.2) is 5.78 Å². The van der Waals surface area contributed by atoms with E-state index < -0.39 is 0 Å². The highest BCUT2D eigenvalue weighted by Crippen LogP contribution is 2.35. The molecule has 19 heavy (non-hydrogen) atoms. The van der Waals surface area contributed by atoms with Gasteiger partial charge in [-0.25, -0.2) is 0 Å². The van der Waals surface area contributed by atoms with Crippen LogP contribution in [-0.2, 0) is 0 Å². The van der Waals surface area contributed by atoms with Crippen LogP contribution in [0.25, 0.3) is 0 Å². The van der Waals surface area contributed by atoms with Gasteiger partial charge in [0.25, 0.3) is 0 Å². The molecule has 0 unspecified atom stereocenters. The molecule has 0 N–H and O–H groups in total. The van der Waals surface area contributed by atoms with Crippen molar-refractivity contribution in [3.05, 3.63) is 56.5 Å². The van der Waals surface area contributed by atoms with E-state index in [-0.39, 0.29) is 5.78 Å². The van der Waals surface area contributed by atoms with Crippen LogP contribution in [0, 0.1) is 0 Å². The molecule has 0 radical (unpaired) electrons. The monoisotopic (exact) mass is 358 g/mol. The Balaban J connectivity index is 2.31. The third-order valence-corrected chi connectivity index (χ3v) is 3.54. The predicted octanol–water partition coefficient (Wildman–Crippen LogP) is 5.75. The standard InChI is InChI=1S/C14H9BrCl2O2/c1-8(18)9-2-4-13(11(16)6-9)19-14-5-3-10(15)7-12(14)17/h2-7H,1H3. The summed E-state index contributed by atoms with van der Waals surface area (Å²) in [4.78, 5) is 11.2. The summed E-state index contributed by atoms with van der Waals surface area (Å²) in [6.45, 7) is 1.48. The van der Waals surface area contributed by atoms with Gasteiger partial charge in [-0.15, -0.1) is 0 Å². The number of carbonyl (C=O) groups is 1. The lowest BCUT2D eigenvalue weighted by molar-refractivity contribution is 0.101. The topological polar surface area (TPSA) is 26.3 Å². The van der Waals surface area contributed by atoms with Gasteiger partial charge in [0.1, 0.15) is 11.5 Å². The van der Waals surface area contributed by atoms with E-state index in [2.05, 4.69) is 15.9 Å². The van der Waals surface area contributed by atoms with Crippen LogP contribution < -0.4 is 4.74 Å². The van der Waals surface area contributed by atoms with Gasteiger partial charge in [-0.05, 0) is 43.3 Å². The summed E-state index contributed by atoms with van der Waals surface area (Å²) in [5.41, 5.74) is 0.541. The van der Waals surface area contributed by atoms with Crippen molar-refractivity contribution in [1.29, 1.82) is 0 Å². The zero-order valence-electron chi connectivity index (χ0n) is 9.91. The Morgan fingerprint density at radius 1 is 1.05 bits per heavy atom. The Morgan fingerprint density at radius 3 is 2.16 bits per heavy atom. The van der Waals surface area contributed by atoms with Gasteiger partial charge in [-0.2, -0.15) is 0 Å². The minimum Gasteiger partial charge on any atom is -0.454 e. The van der Waals surface area contributed by atoms with E-state index in [9.17, 15) is 4.79 Å². The Morgan fingerprint density at radius 2 is 1.63 bits per heavy atom.